The molecule has 0 aromatic heterocycles. The van der Waals surface area contributed by atoms with Crippen LogP contribution in [-0.2, 0) is 14.9 Å². The molecular formula is C26H37N3O3. The van der Waals surface area contributed by atoms with Crippen molar-refractivity contribution in [3.05, 3.63) is 41.5 Å². The van der Waals surface area contributed by atoms with Gasteiger partial charge < -0.3 is 19.9 Å². The summed E-state index contributed by atoms with van der Waals surface area (Å²) in [6, 6.07) is 9.22. The lowest BCUT2D eigenvalue weighted by atomic mass is 9.74. The smallest absolute Gasteiger partial charge is 0.409 e. The Hall–Kier alpha value is -2.34. The minimum atomic E-state index is -0.215. The number of carbonyl (C=O) groups excluding carboxylic acids is 2. The zero-order valence-electron chi connectivity index (χ0n) is 19.7. The Bertz CT molecular complexity index is 861. The third-order valence-electron chi connectivity index (χ3n) is 7.84. The molecule has 0 saturated carbocycles. The van der Waals surface area contributed by atoms with Gasteiger partial charge in [0.2, 0.25) is 0 Å². The van der Waals surface area contributed by atoms with E-state index in [0.29, 0.717) is 6.04 Å². The van der Waals surface area contributed by atoms with Crippen LogP contribution in [0, 0.1) is 0 Å². The van der Waals surface area contributed by atoms with Gasteiger partial charge in [-0.3, -0.25) is 4.79 Å². The molecule has 4 rings (SSSR count). The third-order valence-corrected chi connectivity index (χ3v) is 7.84. The van der Waals surface area contributed by atoms with Gasteiger partial charge in [-0.1, -0.05) is 44.2 Å². The number of fused-ring (bicyclic) bond motifs is 2. The first-order valence-electron chi connectivity index (χ1n) is 12.2. The van der Waals surface area contributed by atoms with Gasteiger partial charge in [0.1, 0.15) is 0 Å². The van der Waals surface area contributed by atoms with Gasteiger partial charge >= 0.3 is 6.09 Å². The molecule has 2 amide bonds. The van der Waals surface area contributed by atoms with Crippen molar-refractivity contribution >= 4 is 17.6 Å². The molecule has 1 spiro atoms. The second kappa shape index (κ2) is 9.65. The number of nitrogens with zero attached hydrogens (tertiary/aromatic N) is 2. The quantitative estimate of drug-likeness (QED) is 0.755. The molecule has 0 unspecified atom stereocenters. The Morgan fingerprint density at radius 3 is 2.38 bits per heavy atom. The van der Waals surface area contributed by atoms with Gasteiger partial charge in [-0.15, -0.1) is 0 Å². The van der Waals surface area contributed by atoms with Crippen molar-refractivity contribution in [2.75, 3.05) is 33.3 Å². The lowest BCUT2D eigenvalue weighted by Crippen LogP contribution is -2.51. The molecule has 32 heavy (non-hydrogen) atoms. The van der Waals surface area contributed by atoms with E-state index in [9.17, 15) is 9.59 Å². The van der Waals surface area contributed by atoms with Gasteiger partial charge in [0.05, 0.1) is 7.11 Å². The summed E-state index contributed by atoms with van der Waals surface area (Å²) in [5.74, 6) is 0.0700. The van der Waals surface area contributed by atoms with Crippen LogP contribution in [-0.4, -0.2) is 67.2 Å². The van der Waals surface area contributed by atoms with Crippen LogP contribution in [0.5, 0.6) is 0 Å². The van der Waals surface area contributed by atoms with E-state index in [0.717, 1.165) is 75.8 Å². The van der Waals surface area contributed by atoms with Crippen LogP contribution < -0.4 is 5.32 Å². The molecule has 1 aromatic rings. The number of piperidine rings is 2. The van der Waals surface area contributed by atoms with Crippen LogP contribution in [0.25, 0.3) is 5.57 Å². The van der Waals surface area contributed by atoms with Gasteiger partial charge in [0.25, 0.3) is 5.91 Å². The minimum absolute atomic E-state index is 0.0413. The molecule has 1 aliphatic carbocycles. The number of hydrogen-bond donors (Lipinski definition) is 1. The molecule has 0 radical (unpaired) electrons. The van der Waals surface area contributed by atoms with Crippen LogP contribution in [0.4, 0.5) is 4.79 Å². The highest BCUT2D eigenvalue weighted by Crippen LogP contribution is 2.47. The van der Waals surface area contributed by atoms with Crippen LogP contribution in [0.3, 0.4) is 0 Å². The van der Waals surface area contributed by atoms with Crippen LogP contribution in [0.15, 0.2) is 30.3 Å². The maximum absolute atomic E-state index is 13.2. The van der Waals surface area contributed by atoms with E-state index in [1.54, 1.807) is 0 Å². The van der Waals surface area contributed by atoms with Crippen molar-refractivity contribution in [2.45, 2.75) is 69.9 Å². The van der Waals surface area contributed by atoms with Crippen LogP contribution >= 0.6 is 0 Å². The summed E-state index contributed by atoms with van der Waals surface area (Å²) in [5, 5.41) is 3.24. The summed E-state index contributed by atoms with van der Waals surface area (Å²) in [6.45, 7) is 7.82. The Morgan fingerprint density at radius 1 is 1.09 bits per heavy atom. The molecule has 2 saturated heterocycles. The van der Waals surface area contributed by atoms with Gasteiger partial charge in [-0.05, 0) is 62.7 Å². The van der Waals surface area contributed by atoms with Gasteiger partial charge in [-0.25, -0.2) is 4.79 Å². The Balaban J connectivity index is 1.45. The van der Waals surface area contributed by atoms with Crippen molar-refractivity contribution in [3.8, 4) is 0 Å². The first kappa shape index (κ1) is 22.8. The van der Waals surface area contributed by atoms with Gasteiger partial charge in [0, 0.05) is 36.2 Å². The number of likely N-dealkylation sites (tertiary alicyclic amines) is 2. The fourth-order valence-electron chi connectivity index (χ4n) is 5.77. The van der Waals surface area contributed by atoms with E-state index in [4.69, 9.17) is 4.74 Å². The summed E-state index contributed by atoms with van der Waals surface area (Å²) in [5.41, 5.74) is 3.23. The zero-order valence-corrected chi connectivity index (χ0v) is 19.7. The molecule has 6 heteroatoms. The predicted molar refractivity (Wildman–Crippen MR) is 126 cm³/mol. The van der Waals surface area contributed by atoms with Crippen molar-refractivity contribution in [3.63, 3.8) is 0 Å². The number of amides is 2. The average molecular weight is 440 g/mol. The molecule has 174 valence electrons. The molecule has 1 aromatic carbocycles. The standard InChI is InChI=1S/C26H37N3O3/c1-4-19(5-2)27-24(30)22-18-26(23-9-7-6-8-21(22)23)12-16-28(17-13-26)20-10-14-29(15-11-20)25(31)32-3/h6-9,18-20H,4-5,10-17H2,1-3H3,(H,27,30). The van der Waals surface area contributed by atoms with Gasteiger partial charge in [0.15, 0.2) is 0 Å². The monoisotopic (exact) mass is 439 g/mol. The van der Waals surface area contributed by atoms with Crippen molar-refractivity contribution in [1.29, 1.82) is 0 Å². The molecule has 2 heterocycles. The summed E-state index contributed by atoms with van der Waals surface area (Å²) >= 11 is 0. The number of benzene rings is 1. The number of nitrogens with one attached hydrogen (secondary N) is 1. The maximum atomic E-state index is 13.2. The molecule has 2 fully saturated rings. The number of carbonyl (C=O) groups is 2. The van der Waals surface area contributed by atoms with E-state index in [1.165, 1.54) is 12.7 Å². The first-order valence-corrected chi connectivity index (χ1v) is 12.2. The van der Waals surface area contributed by atoms with E-state index >= 15 is 0 Å². The topological polar surface area (TPSA) is 61.9 Å². The Morgan fingerprint density at radius 2 is 1.75 bits per heavy atom. The average Bonchev–Trinajstić information content (AvgIpc) is 3.16. The lowest BCUT2D eigenvalue weighted by Gasteiger charge is -2.44. The Labute approximate surface area is 192 Å². The molecule has 6 nitrogen and oxygen atoms in total. The number of hydrogen-bond acceptors (Lipinski definition) is 4. The number of rotatable bonds is 5. The van der Waals surface area contributed by atoms with E-state index in [1.807, 2.05) is 11.0 Å². The number of ether oxygens (including phenoxy) is 1. The highest BCUT2D eigenvalue weighted by atomic mass is 16.5. The molecule has 1 N–H and O–H groups in total. The van der Waals surface area contributed by atoms with Crippen molar-refractivity contribution in [1.82, 2.24) is 15.1 Å². The van der Waals surface area contributed by atoms with Crippen molar-refractivity contribution < 1.29 is 14.3 Å². The second-order valence-corrected chi connectivity index (χ2v) is 9.47. The molecule has 0 atom stereocenters. The van der Waals surface area contributed by atoms with Crippen molar-refractivity contribution in [2.24, 2.45) is 0 Å². The van der Waals surface area contributed by atoms with Gasteiger partial charge in [-0.2, -0.15) is 0 Å². The molecule has 2 aliphatic heterocycles. The highest BCUT2D eigenvalue weighted by Gasteiger charge is 2.43. The highest BCUT2D eigenvalue weighted by molar-refractivity contribution is 6.21. The SMILES string of the molecule is CCC(CC)NC(=O)C1=CC2(CCN(C3CCN(C(=O)OC)CC3)CC2)c2ccccc21. The normalized spacial score (nSPS) is 20.9. The summed E-state index contributed by atoms with van der Waals surface area (Å²) in [6.07, 6.45) is 8.01. The first-order chi connectivity index (χ1) is 15.5. The maximum Gasteiger partial charge on any atom is 0.409 e. The van der Waals surface area contributed by atoms with Crippen LogP contribution in [0.1, 0.15) is 63.5 Å². The fourth-order valence-corrected chi connectivity index (χ4v) is 5.77. The molecule has 3 aliphatic rings. The predicted octanol–water partition coefficient (Wildman–Crippen LogP) is 3.95. The summed E-state index contributed by atoms with van der Waals surface area (Å²) in [7, 11) is 1.45. The van der Waals surface area contributed by atoms with E-state index in [2.05, 4.69) is 48.3 Å². The fraction of sp³-hybridized carbons (Fsp3) is 0.615. The zero-order chi connectivity index (χ0) is 22.7. The van der Waals surface area contributed by atoms with E-state index < -0.39 is 0 Å². The lowest BCUT2D eigenvalue weighted by molar-refractivity contribution is -0.116. The second-order valence-electron chi connectivity index (χ2n) is 9.47. The summed E-state index contributed by atoms with van der Waals surface area (Å²) < 4.78 is 4.87. The summed E-state index contributed by atoms with van der Waals surface area (Å²) in [4.78, 5) is 29.3. The third kappa shape index (κ3) is 4.29. The number of methoxy groups -OCH3 is 1. The van der Waals surface area contributed by atoms with Crippen LogP contribution in [0.2, 0.25) is 0 Å². The minimum Gasteiger partial charge on any atom is -0.453 e. The number of allylic oxidation sites excluding steroid dienone is 1. The Kier molecular flexibility index (Phi) is 6.89. The molecular weight excluding hydrogens is 402 g/mol. The van der Waals surface area contributed by atoms with E-state index in [-0.39, 0.29) is 23.5 Å². The molecule has 0 bridgehead atoms. The largest absolute Gasteiger partial charge is 0.453 e.